The van der Waals surface area contributed by atoms with Crippen molar-refractivity contribution in [3.05, 3.63) is 50.9 Å². The molecule has 1 saturated heterocycles. The Balaban J connectivity index is 1.29. The number of thiazole rings is 1. The fourth-order valence-electron chi connectivity index (χ4n) is 3.68. The zero-order valence-corrected chi connectivity index (χ0v) is 17.5. The molecule has 0 unspecified atom stereocenters. The van der Waals surface area contributed by atoms with Crippen LogP contribution in [-0.2, 0) is 6.54 Å². The monoisotopic (exact) mass is 411 g/mol. The second-order valence-corrected chi connectivity index (χ2v) is 9.42. The highest BCUT2D eigenvalue weighted by Crippen LogP contribution is 2.29. The average molecular weight is 412 g/mol. The number of nitrogens with zero attached hydrogens (tertiary/aromatic N) is 4. The van der Waals surface area contributed by atoms with Crippen LogP contribution in [0.3, 0.4) is 0 Å². The predicted molar refractivity (Wildman–Crippen MR) is 117 cm³/mol. The SMILES string of the molecule is Cc1sc2nc(CN3CCN(c4nc5ccccc5s4)CC3)[nH]c(=O)c2c1C. The third-order valence-electron chi connectivity index (χ3n) is 5.39. The van der Waals surface area contributed by atoms with Gasteiger partial charge in [-0.05, 0) is 31.5 Å². The number of thiophene rings is 1. The molecule has 0 spiro atoms. The second kappa shape index (κ2) is 6.95. The number of aryl methyl sites for hydroxylation is 2. The number of para-hydroxylation sites is 1. The number of hydrogen-bond donors (Lipinski definition) is 1. The normalized spacial score (nSPS) is 15.7. The lowest BCUT2D eigenvalue weighted by Gasteiger charge is -2.34. The summed E-state index contributed by atoms with van der Waals surface area (Å²) >= 11 is 3.36. The fraction of sp³-hybridized carbons (Fsp3) is 0.350. The molecule has 4 aromatic rings. The number of hydrogen-bond acceptors (Lipinski definition) is 7. The molecule has 0 amide bonds. The Bertz CT molecular complexity index is 1180. The van der Waals surface area contributed by atoms with E-state index in [4.69, 9.17) is 9.97 Å². The first kappa shape index (κ1) is 17.8. The van der Waals surface area contributed by atoms with E-state index in [0.29, 0.717) is 6.54 Å². The molecule has 4 heterocycles. The number of piperazine rings is 1. The van der Waals surface area contributed by atoms with Gasteiger partial charge in [0.25, 0.3) is 5.56 Å². The zero-order valence-electron chi connectivity index (χ0n) is 15.9. The highest BCUT2D eigenvalue weighted by Gasteiger charge is 2.21. The van der Waals surface area contributed by atoms with Crippen LogP contribution in [0.15, 0.2) is 29.1 Å². The zero-order chi connectivity index (χ0) is 19.3. The summed E-state index contributed by atoms with van der Waals surface area (Å²) in [6.07, 6.45) is 0. The van der Waals surface area contributed by atoms with Crippen molar-refractivity contribution in [2.45, 2.75) is 20.4 Å². The summed E-state index contributed by atoms with van der Waals surface area (Å²) in [6.45, 7) is 8.44. The van der Waals surface area contributed by atoms with E-state index in [9.17, 15) is 4.79 Å². The molecule has 1 fully saturated rings. The molecule has 0 atom stereocenters. The molecule has 6 nitrogen and oxygen atoms in total. The molecule has 5 rings (SSSR count). The van der Waals surface area contributed by atoms with Gasteiger partial charge in [-0.3, -0.25) is 9.69 Å². The summed E-state index contributed by atoms with van der Waals surface area (Å²) in [5, 5.41) is 1.84. The van der Waals surface area contributed by atoms with Crippen molar-refractivity contribution < 1.29 is 0 Å². The first-order valence-electron chi connectivity index (χ1n) is 9.40. The van der Waals surface area contributed by atoms with E-state index in [0.717, 1.165) is 63.3 Å². The smallest absolute Gasteiger partial charge is 0.259 e. The van der Waals surface area contributed by atoms with Crippen LogP contribution in [0.4, 0.5) is 5.13 Å². The second-order valence-electron chi connectivity index (χ2n) is 7.20. The molecule has 28 heavy (non-hydrogen) atoms. The molecular weight excluding hydrogens is 390 g/mol. The lowest BCUT2D eigenvalue weighted by molar-refractivity contribution is 0.244. The Kier molecular flexibility index (Phi) is 4.41. The summed E-state index contributed by atoms with van der Waals surface area (Å²) in [5.74, 6) is 0.757. The number of aromatic amines is 1. The molecule has 0 saturated carbocycles. The largest absolute Gasteiger partial charge is 0.345 e. The van der Waals surface area contributed by atoms with Crippen molar-refractivity contribution in [2.75, 3.05) is 31.1 Å². The maximum absolute atomic E-state index is 12.5. The van der Waals surface area contributed by atoms with E-state index >= 15 is 0 Å². The van der Waals surface area contributed by atoms with E-state index in [1.165, 1.54) is 4.70 Å². The molecule has 1 aliphatic rings. The van der Waals surface area contributed by atoms with Gasteiger partial charge in [-0.2, -0.15) is 0 Å². The fourth-order valence-corrected chi connectivity index (χ4v) is 5.74. The van der Waals surface area contributed by atoms with Crippen molar-refractivity contribution in [2.24, 2.45) is 0 Å². The van der Waals surface area contributed by atoms with Gasteiger partial charge in [-0.15, -0.1) is 11.3 Å². The highest BCUT2D eigenvalue weighted by molar-refractivity contribution is 7.22. The van der Waals surface area contributed by atoms with Crippen molar-refractivity contribution in [3.63, 3.8) is 0 Å². The molecule has 1 aliphatic heterocycles. The molecule has 3 aromatic heterocycles. The van der Waals surface area contributed by atoms with Gasteiger partial charge in [0, 0.05) is 31.1 Å². The first-order valence-corrected chi connectivity index (χ1v) is 11.0. The van der Waals surface area contributed by atoms with Gasteiger partial charge in [0.05, 0.1) is 22.1 Å². The van der Waals surface area contributed by atoms with Crippen LogP contribution in [0.25, 0.3) is 20.4 Å². The number of anilines is 1. The summed E-state index contributed by atoms with van der Waals surface area (Å²) < 4.78 is 1.23. The predicted octanol–water partition coefficient (Wildman–Crippen LogP) is 3.53. The van der Waals surface area contributed by atoms with Crippen molar-refractivity contribution in [1.82, 2.24) is 19.9 Å². The molecule has 8 heteroatoms. The first-order chi connectivity index (χ1) is 13.6. The van der Waals surface area contributed by atoms with Crippen molar-refractivity contribution in [3.8, 4) is 0 Å². The van der Waals surface area contributed by atoms with Gasteiger partial charge in [0.15, 0.2) is 5.13 Å². The van der Waals surface area contributed by atoms with E-state index in [1.54, 1.807) is 22.7 Å². The van der Waals surface area contributed by atoms with Crippen molar-refractivity contribution in [1.29, 1.82) is 0 Å². The molecular formula is C20H21N5OS2. The van der Waals surface area contributed by atoms with Crippen molar-refractivity contribution >= 4 is 48.2 Å². The van der Waals surface area contributed by atoms with Crippen LogP contribution < -0.4 is 10.5 Å². The third kappa shape index (κ3) is 3.11. The topological polar surface area (TPSA) is 65.1 Å². The summed E-state index contributed by atoms with van der Waals surface area (Å²) in [4.78, 5) is 31.7. The van der Waals surface area contributed by atoms with Crippen LogP contribution in [0.1, 0.15) is 16.3 Å². The minimum atomic E-state index is -0.0186. The van der Waals surface area contributed by atoms with Gasteiger partial charge in [-0.1, -0.05) is 23.5 Å². The maximum Gasteiger partial charge on any atom is 0.259 e. The van der Waals surface area contributed by atoms with Crippen LogP contribution in [0, 0.1) is 13.8 Å². The van der Waals surface area contributed by atoms with E-state index in [-0.39, 0.29) is 5.56 Å². The van der Waals surface area contributed by atoms with E-state index in [2.05, 4.69) is 33.0 Å². The molecule has 1 N–H and O–H groups in total. The van der Waals surface area contributed by atoms with Gasteiger partial charge in [-0.25, -0.2) is 9.97 Å². The van der Waals surface area contributed by atoms with Crippen LogP contribution >= 0.6 is 22.7 Å². The Labute approximate surface area is 170 Å². The summed E-state index contributed by atoms with van der Waals surface area (Å²) in [7, 11) is 0. The van der Waals surface area contributed by atoms with Crippen LogP contribution in [0.2, 0.25) is 0 Å². The van der Waals surface area contributed by atoms with E-state index < -0.39 is 0 Å². The molecule has 0 bridgehead atoms. The van der Waals surface area contributed by atoms with Gasteiger partial charge in [0.2, 0.25) is 0 Å². The quantitative estimate of drug-likeness (QED) is 0.559. The number of fused-ring (bicyclic) bond motifs is 2. The molecule has 0 radical (unpaired) electrons. The average Bonchev–Trinajstić information content (AvgIpc) is 3.23. The minimum Gasteiger partial charge on any atom is -0.345 e. The summed E-state index contributed by atoms with van der Waals surface area (Å²) in [5.41, 5.74) is 2.10. The Hall–Kier alpha value is -2.29. The molecule has 144 valence electrons. The number of aromatic nitrogens is 3. The highest BCUT2D eigenvalue weighted by atomic mass is 32.1. The number of benzene rings is 1. The van der Waals surface area contributed by atoms with Gasteiger partial charge >= 0.3 is 0 Å². The van der Waals surface area contributed by atoms with Crippen LogP contribution in [-0.4, -0.2) is 46.0 Å². The maximum atomic E-state index is 12.5. The number of H-pyrrole nitrogens is 1. The molecule has 1 aromatic carbocycles. The van der Waals surface area contributed by atoms with Gasteiger partial charge < -0.3 is 9.88 Å². The standard InChI is InChI=1S/C20H21N5OS2/c1-12-13(2)27-19-17(12)18(26)22-16(23-19)11-24-7-9-25(10-8-24)20-21-14-5-3-4-6-15(14)28-20/h3-6H,7-11H2,1-2H3,(H,22,23,26). The number of rotatable bonds is 3. The third-order valence-corrected chi connectivity index (χ3v) is 7.59. The Morgan fingerprint density at radius 3 is 2.64 bits per heavy atom. The lowest BCUT2D eigenvalue weighted by Crippen LogP contribution is -2.46. The lowest BCUT2D eigenvalue weighted by atomic mass is 10.2. The van der Waals surface area contributed by atoms with E-state index in [1.807, 2.05) is 19.9 Å². The number of nitrogens with one attached hydrogen (secondary N) is 1. The minimum absolute atomic E-state index is 0.0186. The van der Waals surface area contributed by atoms with Crippen LogP contribution in [0.5, 0.6) is 0 Å². The summed E-state index contributed by atoms with van der Waals surface area (Å²) in [6, 6.07) is 8.28. The Morgan fingerprint density at radius 2 is 1.86 bits per heavy atom. The Morgan fingerprint density at radius 1 is 1.07 bits per heavy atom. The van der Waals surface area contributed by atoms with Gasteiger partial charge in [0.1, 0.15) is 10.7 Å². The molecule has 0 aliphatic carbocycles.